The van der Waals surface area contributed by atoms with Crippen molar-refractivity contribution in [2.75, 3.05) is 0 Å². The number of carbonyl (C=O) groups excluding carboxylic acids is 1. The van der Waals surface area contributed by atoms with Gasteiger partial charge in [-0.3, -0.25) is 15.1 Å². The van der Waals surface area contributed by atoms with Crippen LogP contribution in [-0.4, -0.2) is 31.8 Å². The summed E-state index contributed by atoms with van der Waals surface area (Å²) in [7, 11) is 0. The number of hydroxylamine groups is 2. The lowest BCUT2D eigenvalue weighted by atomic mass is 10.0. The van der Waals surface area contributed by atoms with Crippen molar-refractivity contribution < 1.29 is 20.2 Å². The van der Waals surface area contributed by atoms with E-state index in [0.717, 1.165) is 17.2 Å². The van der Waals surface area contributed by atoms with Crippen molar-refractivity contribution in [1.82, 2.24) is 5.06 Å². The van der Waals surface area contributed by atoms with E-state index in [1.54, 1.807) is 20.8 Å². The number of hydrogen-bond donors (Lipinski definition) is 3. The van der Waals surface area contributed by atoms with Crippen molar-refractivity contribution >= 4 is 5.78 Å². The average molecular weight is 225 g/mol. The third-order valence-corrected chi connectivity index (χ3v) is 2.05. The molecule has 0 aromatic rings. The van der Waals surface area contributed by atoms with Crippen molar-refractivity contribution in [3.8, 4) is 0 Å². The third-order valence-electron chi connectivity index (χ3n) is 2.05. The number of carbonyl (C=O) groups is 1. The Kier molecular flexibility index (Phi) is 3.09. The predicted molar refractivity (Wildman–Crippen MR) is 57.9 cm³/mol. The molecule has 16 heavy (non-hydrogen) atoms. The summed E-state index contributed by atoms with van der Waals surface area (Å²) < 4.78 is 0. The van der Waals surface area contributed by atoms with Gasteiger partial charge in [0, 0.05) is 18.4 Å². The predicted octanol–water partition coefficient (Wildman–Crippen LogP) is 1.83. The Hall–Kier alpha value is -1.75. The molecule has 5 nitrogen and oxygen atoms in total. The number of aliphatic hydroxyl groups excluding tert-OH is 2. The van der Waals surface area contributed by atoms with Gasteiger partial charge in [-0.05, 0) is 20.8 Å². The van der Waals surface area contributed by atoms with Crippen LogP contribution in [-0.2, 0) is 4.79 Å². The first-order valence-corrected chi connectivity index (χ1v) is 4.78. The molecule has 0 aliphatic heterocycles. The fourth-order valence-corrected chi connectivity index (χ4v) is 1.05. The third kappa shape index (κ3) is 2.64. The van der Waals surface area contributed by atoms with Crippen LogP contribution in [0.5, 0.6) is 0 Å². The first-order chi connectivity index (χ1) is 7.21. The minimum absolute atomic E-state index is 0.0111. The topological polar surface area (TPSA) is 81.0 Å². The van der Waals surface area contributed by atoms with Crippen LogP contribution in [0.2, 0.25) is 0 Å². The van der Waals surface area contributed by atoms with E-state index in [4.69, 9.17) is 0 Å². The van der Waals surface area contributed by atoms with Crippen molar-refractivity contribution in [3.05, 3.63) is 35.4 Å². The summed E-state index contributed by atoms with van der Waals surface area (Å²) in [5, 5.41) is 29.4. The Balaban J connectivity index is 3.05. The summed E-state index contributed by atoms with van der Waals surface area (Å²) in [6, 6.07) is 0. The minimum Gasteiger partial charge on any atom is -0.507 e. The van der Waals surface area contributed by atoms with Crippen molar-refractivity contribution in [2.24, 2.45) is 0 Å². The maximum Gasteiger partial charge on any atom is 0.186 e. The molecule has 88 valence electrons. The minimum atomic E-state index is -0.574. The lowest BCUT2D eigenvalue weighted by molar-refractivity contribution is -0.112. The molecule has 1 aliphatic rings. The van der Waals surface area contributed by atoms with Gasteiger partial charge in [-0.1, -0.05) is 0 Å². The van der Waals surface area contributed by atoms with Gasteiger partial charge in [-0.15, -0.1) is 0 Å². The van der Waals surface area contributed by atoms with E-state index in [2.05, 4.69) is 0 Å². The van der Waals surface area contributed by atoms with E-state index < -0.39 is 11.3 Å². The van der Waals surface area contributed by atoms with E-state index in [1.165, 1.54) is 6.20 Å². The fraction of sp³-hybridized carbons (Fsp3) is 0.364. The van der Waals surface area contributed by atoms with Crippen LogP contribution >= 0.6 is 0 Å². The fourth-order valence-electron chi connectivity index (χ4n) is 1.05. The summed E-state index contributed by atoms with van der Waals surface area (Å²) >= 11 is 0. The molecular weight excluding hydrogens is 210 g/mol. The summed E-state index contributed by atoms with van der Waals surface area (Å²) in [4.78, 5) is 10.9. The largest absolute Gasteiger partial charge is 0.507 e. The lowest BCUT2D eigenvalue weighted by Gasteiger charge is -2.29. The Labute approximate surface area is 93.6 Å². The molecule has 0 aromatic heterocycles. The highest BCUT2D eigenvalue weighted by Crippen LogP contribution is 2.22. The lowest BCUT2D eigenvalue weighted by Crippen LogP contribution is -2.34. The molecule has 3 N–H and O–H groups in total. The van der Waals surface area contributed by atoms with Gasteiger partial charge in [0.25, 0.3) is 0 Å². The van der Waals surface area contributed by atoms with Gasteiger partial charge in [0.15, 0.2) is 5.78 Å². The van der Waals surface area contributed by atoms with Crippen LogP contribution in [0.15, 0.2) is 35.4 Å². The molecule has 0 saturated carbocycles. The molecular formula is C11H15NO4. The number of rotatable bonds is 1. The highest BCUT2D eigenvalue weighted by atomic mass is 16.5. The molecule has 0 heterocycles. The Morgan fingerprint density at radius 1 is 1.19 bits per heavy atom. The zero-order valence-corrected chi connectivity index (χ0v) is 9.43. The maximum atomic E-state index is 10.9. The van der Waals surface area contributed by atoms with Gasteiger partial charge in [-0.25, -0.2) is 0 Å². The van der Waals surface area contributed by atoms with Gasteiger partial charge >= 0.3 is 0 Å². The van der Waals surface area contributed by atoms with Crippen LogP contribution in [0, 0.1) is 0 Å². The molecule has 0 spiro atoms. The van der Waals surface area contributed by atoms with E-state index in [0.29, 0.717) is 0 Å². The zero-order chi connectivity index (χ0) is 12.5. The van der Waals surface area contributed by atoms with Crippen LogP contribution < -0.4 is 0 Å². The first-order valence-electron chi connectivity index (χ1n) is 4.78. The smallest absolute Gasteiger partial charge is 0.186 e. The van der Waals surface area contributed by atoms with Crippen molar-refractivity contribution in [1.29, 1.82) is 0 Å². The second-order valence-corrected chi connectivity index (χ2v) is 4.52. The van der Waals surface area contributed by atoms with E-state index in [-0.39, 0.29) is 17.1 Å². The first kappa shape index (κ1) is 12.3. The van der Waals surface area contributed by atoms with Gasteiger partial charge in [0.05, 0.1) is 11.1 Å². The average Bonchev–Trinajstić information content (AvgIpc) is 2.08. The molecule has 0 aromatic carbocycles. The maximum absolute atomic E-state index is 10.9. The summed E-state index contributed by atoms with van der Waals surface area (Å²) in [6.07, 6.45) is 3.12. The molecule has 0 atom stereocenters. The van der Waals surface area contributed by atoms with Crippen molar-refractivity contribution in [3.63, 3.8) is 0 Å². The molecule has 0 unspecified atom stereocenters. The second-order valence-electron chi connectivity index (χ2n) is 4.52. The Morgan fingerprint density at radius 2 is 1.62 bits per heavy atom. The van der Waals surface area contributed by atoms with Crippen molar-refractivity contribution in [2.45, 2.75) is 26.3 Å². The van der Waals surface area contributed by atoms with Gasteiger partial charge < -0.3 is 10.2 Å². The summed E-state index contributed by atoms with van der Waals surface area (Å²) in [5.41, 5.74) is -0.563. The van der Waals surface area contributed by atoms with Crippen LogP contribution in [0.4, 0.5) is 0 Å². The molecule has 0 amide bonds. The molecule has 0 radical (unpaired) electrons. The van der Waals surface area contributed by atoms with E-state index >= 15 is 0 Å². The Bertz CT molecular complexity index is 375. The molecule has 1 rings (SSSR count). The normalized spacial score (nSPS) is 16.8. The molecule has 0 fully saturated rings. The van der Waals surface area contributed by atoms with Crippen LogP contribution in [0.3, 0.4) is 0 Å². The second kappa shape index (κ2) is 4.02. The molecule has 0 bridgehead atoms. The quantitative estimate of drug-likeness (QED) is 0.593. The Morgan fingerprint density at radius 3 is 2.00 bits per heavy atom. The standard InChI is InChI=1S/C11H15NO4/c1-11(2,3)12(16)6-8-9(14)4-7(13)5-10(8)15/h4-6,14-16H,1-3H3. The van der Waals surface area contributed by atoms with E-state index in [1.807, 2.05) is 0 Å². The highest BCUT2D eigenvalue weighted by molar-refractivity contribution is 6.02. The monoisotopic (exact) mass is 225 g/mol. The summed E-state index contributed by atoms with van der Waals surface area (Å²) in [6.45, 7) is 5.25. The number of nitrogens with zero attached hydrogens (tertiary/aromatic N) is 1. The molecule has 0 saturated heterocycles. The van der Waals surface area contributed by atoms with Crippen LogP contribution in [0.1, 0.15) is 20.8 Å². The van der Waals surface area contributed by atoms with E-state index in [9.17, 15) is 20.2 Å². The number of hydrogen-bond acceptors (Lipinski definition) is 5. The highest BCUT2D eigenvalue weighted by Gasteiger charge is 2.22. The number of allylic oxidation sites excluding steroid dienone is 2. The summed E-state index contributed by atoms with van der Waals surface area (Å²) in [5.74, 6) is -1.23. The van der Waals surface area contributed by atoms with Gasteiger partial charge in [-0.2, -0.15) is 0 Å². The number of ketones is 1. The van der Waals surface area contributed by atoms with Crippen LogP contribution in [0.25, 0.3) is 0 Å². The molecule has 5 heteroatoms. The van der Waals surface area contributed by atoms with Gasteiger partial charge in [0.2, 0.25) is 0 Å². The molecule has 1 aliphatic carbocycles. The number of aliphatic hydroxyl groups is 2. The SMILES string of the molecule is CC(C)(C)N(O)C=C1C(O)=CC(=O)C=C1O. The van der Waals surface area contributed by atoms with Gasteiger partial charge in [0.1, 0.15) is 11.5 Å². The zero-order valence-electron chi connectivity index (χ0n) is 9.43.